The number of rotatable bonds is 2. The number of hydrogen-bond acceptors (Lipinski definition) is 3. The molecule has 2 bridgehead atoms. The molecular weight excluding hydrogens is 252 g/mol. The molecule has 2 aliphatic rings. The molecule has 0 saturated carbocycles. The van der Waals surface area contributed by atoms with Crippen LogP contribution in [-0.4, -0.2) is 46.5 Å². The van der Waals surface area contributed by atoms with Gasteiger partial charge in [-0.2, -0.15) is 0 Å². The summed E-state index contributed by atoms with van der Waals surface area (Å²) < 4.78 is 0. The molecule has 4 heterocycles. The molecule has 0 radical (unpaired) electrons. The fourth-order valence-corrected chi connectivity index (χ4v) is 3.50. The van der Waals surface area contributed by atoms with Crippen LogP contribution in [0.4, 0.5) is 0 Å². The highest BCUT2D eigenvalue weighted by atomic mass is 16.1. The van der Waals surface area contributed by atoms with Gasteiger partial charge in [0.2, 0.25) is 0 Å². The van der Waals surface area contributed by atoms with Crippen LogP contribution in [0.2, 0.25) is 0 Å². The van der Waals surface area contributed by atoms with Crippen molar-refractivity contribution in [3.05, 3.63) is 30.2 Å². The van der Waals surface area contributed by atoms with E-state index in [0.717, 1.165) is 29.8 Å². The Morgan fingerprint density at radius 1 is 1.45 bits per heavy atom. The SMILES string of the molecule is O=C(N[C@@H]1C[C@H]2CCN(C2)C1)c1cc2cc[nH]c2cn1. The minimum absolute atomic E-state index is 0.0550. The molecule has 0 spiro atoms. The van der Waals surface area contributed by atoms with Gasteiger partial charge in [-0.3, -0.25) is 4.79 Å². The van der Waals surface area contributed by atoms with Gasteiger partial charge in [-0.1, -0.05) is 0 Å². The number of fused-ring (bicyclic) bond motifs is 3. The van der Waals surface area contributed by atoms with Crippen molar-refractivity contribution in [1.29, 1.82) is 0 Å². The number of pyridine rings is 1. The van der Waals surface area contributed by atoms with Gasteiger partial charge in [0.05, 0.1) is 11.7 Å². The highest BCUT2D eigenvalue weighted by Crippen LogP contribution is 2.26. The quantitative estimate of drug-likeness (QED) is 0.867. The Labute approximate surface area is 117 Å². The smallest absolute Gasteiger partial charge is 0.270 e. The van der Waals surface area contributed by atoms with Crippen molar-refractivity contribution in [1.82, 2.24) is 20.2 Å². The number of H-pyrrole nitrogens is 1. The van der Waals surface area contributed by atoms with E-state index in [0.29, 0.717) is 5.69 Å². The molecule has 0 aliphatic carbocycles. The highest BCUT2D eigenvalue weighted by molar-refractivity contribution is 5.95. The van der Waals surface area contributed by atoms with E-state index in [9.17, 15) is 4.79 Å². The lowest BCUT2D eigenvalue weighted by Gasteiger charge is -2.30. The lowest BCUT2D eigenvalue weighted by Crippen LogP contribution is -2.47. The van der Waals surface area contributed by atoms with E-state index in [2.05, 4.69) is 20.2 Å². The van der Waals surface area contributed by atoms with Crippen molar-refractivity contribution in [2.45, 2.75) is 18.9 Å². The van der Waals surface area contributed by atoms with E-state index in [-0.39, 0.29) is 11.9 Å². The standard InChI is InChI=1S/C15H18N4O/c20-15(13-6-11-1-3-16-14(11)7-17-13)18-12-5-10-2-4-19(8-10)9-12/h1,3,6-7,10,12,16H,2,4-5,8-9H2,(H,18,20)/t10-,12-/m1/s1. The van der Waals surface area contributed by atoms with Crippen LogP contribution in [0.15, 0.2) is 24.5 Å². The summed E-state index contributed by atoms with van der Waals surface area (Å²) in [5.41, 5.74) is 1.47. The average Bonchev–Trinajstić information content (AvgIpc) is 3.04. The highest BCUT2D eigenvalue weighted by Gasteiger charge is 2.33. The number of carbonyl (C=O) groups excluding carboxylic acids is 1. The minimum atomic E-state index is -0.0550. The first-order valence-corrected chi connectivity index (χ1v) is 7.24. The molecule has 2 fully saturated rings. The number of aromatic amines is 1. The zero-order valence-electron chi connectivity index (χ0n) is 11.3. The number of nitrogens with zero attached hydrogens (tertiary/aromatic N) is 2. The number of nitrogens with one attached hydrogen (secondary N) is 2. The molecule has 2 saturated heterocycles. The van der Waals surface area contributed by atoms with E-state index in [1.165, 1.54) is 19.5 Å². The molecule has 2 N–H and O–H groups in total. The van der Waals surface area contributed by atoms with E-state index in [1.54, 1.807) is 6.20 Å². The molecular formula is C15H18N4O. The van der Waals surface area contributed by atoms with Gasteiger partial charge >= 0.3 is 0 Å². The predicted molar refractivity (Wildman–Crippen MR) is 76.5 cm³/mol. The number of aromatic nitrogens is 2. The van der Waals surface area contributed by atoms with Gasteiger partial charge < -0.3 is 15.2 Å². The number of carbonyl (C=O) groups is 1. The number of hydrogen-bond donors (Lipinski definition) is 2. The summed E-state index contributed by atoms with van der Waals surface area (Å²) in [4.78, 5) is 22.1. The molecule has 5 heteroatoms. The second kappa shape index (κ2) is 4.59. The lowest BCUT2D eigenvalue weighted by atomic mass is 9.97. The van der Waals surface area contributed by atoms with E-state index in [4.69, 9.17) is 0 Å². The zero-order chi connectivity index (χ0) is 13.5. The molecule has 2 aliphatic heterocycles. The third-order valence-electron chi connectivity index (χ3n) is 4.47. The van der Waals surface area contributed by atoms with Crippen molar-refractivity contribution in [3.8, 4) is 0 Å². The molecule has 104 valence electrons. The van der Waals surface area contributed by atoms with Gasteiger partial charge in [0.25, 0.3) is 5.91 Å². The zero-order valence-corrected chi connectivity index (χ0v) is 11.3. The first kappa shape index (κ1) is 11.9. The summed E-state index contributed by atoms with van der Waals surface area (Å²) in [6, 6.07) is 4.08. The van der Waals surface area contributed by atoms with Crippen LogP contribution < -0.4 is 5.32 Å². The lowest BCUT2D eigenvalue weighted by molar-refractivity contribution is 0.0904. The summed E-state index contributed by atoms with van der Waals surface area (Å²) in [5, 5.41) is 4.17. The van der Waals surface area contributed by atoms with Crippen molar-refractivity contribution < 1.29 is 4.79 Å². The summed E-state index contributed by atoms with van der Waals surface area (Å²) in [7, 11) is 0. The molecule has 20 heavy (non-hydrogen) atoms. The molecule has 0 aromatic carbocycles. The Morgan fingerprint density at radius 2 is 2.40 bits per heavy atom. The molecule has 2 aromatic rings. The summed E-state index contributed by atoms with van der Waals surface area (Å²) in [6.45, 7) is 3.37. The van der Waals surface area contributed by atoms with Gasteiger partial charge in [-0.25, -0.2) is 4.98 Å². The van der Waals surface area contributed by atoms with Crippen LogP contribution in [0, 0.1) is 5.92 Å². The maximum atomic E-state index is 12.3. The van der Waals surface area contributed by atoms with Gasteiger partial charge in [0.15, 0.2) is 0 Å². The Hall–Kier alpha value is -1.88. The van der Waals surface area contributed by atoms with Crippen molar-refractivity contribution in [2.75, 3.05) is 19.6 Å². The Kier molecular flexibility index (Phi) is 2.73. The first-order chi connectivity index (χ1) is 9.78. The third kappa shape index (κ3) is 2.08. The van der Waals surface area contributed by atoms with Crippen molar-refractivity contribution >= 4 is 16.8 Å². The molecule has 1 amide bonds. The van der Waals surface area contributed by atoms with Gasteiger partial charge in [-0.05, 0) is 37.4 Å². The van der Waals surface area contributed by atoms with E-state index < -0.39 is 0 Å². The van der Waals surface area contributed by atoms with Crippen LogP contribution in [0.5, 0.6) is 0 Å². The Bertz CT molecular complexity index is 638. The molecule has 3 atom stereocenters. The fraction of sp³-hybridized carbons (Fsp3) is 0.467. The molecule has 2 aromatic heterocycles. The third-order valence-corrected chi connectivity index (χ3v) is 4.47. The van der Waals surface area contributed by atoms with E-state index >= 15 is 0 Å². The van der Waals surface area contributed by atoms with Crippen LogP contribution in [0.1, 0.15) is 23.3 Å². The number of piperidine rings is 1. The second-order valence-corrected chi connectivity index (χ2v) is 5.95. The summed E-state index contributed by atoms with van der Waals surface area (Å²) in [6.07, 6.45) is 5.97. The minimum Gasteiger partial charge on any atom is -0.360 e. The first-order valence-electron chi connectivity index (χ1n) is 7.24. The second-order valence-electron chi connectivity index (χ2n) is 5.95. The van der Waals surface area contributed by atoms with Gasteiger partial charge in [0.1, 0.15) is 5.69 Å². The summed E-state index contributed by atoms with van der Waals surface area (Å²) >= 11 is 0. The average molecular weight is 270 g/mol. The van der Waals surface area contributed by atoms with E-state index in [1.807, 2.05) is 18.3 Å². The Balaban J connectivity index is 1.49. The normalized spacial score (nSPS) is 28.7. The maximum absolute atomic E-state index is 12.3. The fourth-order valence-electron chi connectivity index (χ4n) is 3.50. The van der Waals surface area contributed by atoms with Crippen LogP contribution in [0.3, 0.4) is 0 Å². The monoisotopic (exact) mass is 270 g/mol. The topological polar surface area (TPSA) is 61.0 Å². The predicted octanol–water partition coefficient (Wildman–Crippen LogP) is 1.39. The van der Waals surface area contributed by atoms with Gasteiger partial charge in [-0.15, -0.1) is 0 Å². The van der Waals surface area contributed by atoms with Crippen LogP contribution >= 0.6 is 0 Å². The van der Waals surface area contributed by atoms with Crippen molar-refractivity contribution in [3.63, 3.8) is 0 Å². The molecule has 5 nitrogen and oxygen atoms in total. The number of amides is 1. The maximum Gasteiger partial charge on any atom is 0.270 e. The van der Waals surface area contributed by atoms with Crippen molar-refractivity contribution in [2.24, 2.45) is 5.92 Å². The molecule has 1 unspecified atom stereocenters. The van der Waals surface area contributed by atoms with Crippen LogP contribution in [-0.2, 0) is 0 Å². The molecule has 4 rings (SSSR count). The van der Waals surface area contributed by atoms with Gasteiger partial charge in [0, 0.05) is 30.7 Å². The Morgan fingerprint density at radius 3 is 3.30 bits per heavy atom. The largest absolute Gasteiger partial charge is 0.360 e. The van der Waals surface area contributed by atoms with Crippen LogP contribution in [0.25, 0.3) is 10.9 Å². The summed E-state index contributed by atoms with van der Waals surface area (Å²) in [5.74, 6) is 0.703.